The highest BCUT2D eigenvalue weighted by molar-refractivity contribution is 6.03. The Bertz CT molecular complexity index is 1670. The highest BCUT2D eigenvalue weighted by atomic mass is 16.6. The normalized spacial score (nSPS) is 16.4. The third kappa shape index (κ3) is 10.6. The Morgan fingerprint density at radius 3 is 2.18 bits per heavy atom. The van der Waals surface area contributed by atoms with Crippen molar-refractivity contribution in [3.05, 3.63) is 95.3 Å². The lowest BCUT2D eigenvalue weighted by Crippen LogP contribution is -2.55. The molecule has 5 atom stereocenters. The van der Waals surface area contributed by atoms with Crippen LogP contribution >= 0.6 is 0 Å². The van der Waals surface area contributed by atoms with Crippen molar-refractivity contribution < 1.29 is 28.7 Å². The molecule has 1 aromatic heterocycles. The molecule has 0 radical (unpaired) electrons. The van der Waals surface area contributed by atoms with Crippen LogP contribution in [-0.4, -0.2) is 78.6 Å². The van der Waals surface area contributed by atoms with E-state index >= 15 is 0 Å². The van der Waals surface area contributed by atoms with E-state index in [9.17, 15) is 24.0 Å². The van der Waals surface area contributed by atoms with Crippen molar-refractivity contribution in [2.75, 3.05) is 24.6 Å². The Kier molecular flexibility index (Phi) is 13.7. The summed E-state index contributed by atoms with van der Waals surface area (Å²) in [5, 5.41) is 14.8. The maximum Gasteiger partial charge on any atom is 0.414 e. The van der Waals surface area contributed by atoms with Gasteiger partial charge in [-0.1, -0.05) is 50.2 Å². The number of anilines is 1. The van der Waals surface area contributed by atoms with Gasteiger partial charge in [-0.15, -0.1) is 0 Å². The first-order valence-electron chi connectivity index (χ1n) is 17.4. The van der Waals surface area contributed by atoms with E-state index in [2.05, 4.69) is 31.6 Å². The number of rotatable bonds is 16. The summed E-state index contributed by atoms with van der Waals surface area (Å²) in [6.45, 7) is 11.7. The molecular formula is C38H49N7O6. The summed E-state index contributed by atoms with van der Waals surface area (Å²) in [5.41, 5.74) is 2.48. The van der Waals surface area contributed by atoms with Gasteiger partial charge in [0.15, 0.2) is 0 Å². The van der Waals surface area contributed by atoms with Gasteiger partial charge in [-0.25, -0.2) is 4.79 Å². The van der Waals surface area contributed by atoms with Crippen molar-refractivity contribution in [2.45, 2.75) is 78.2 Å². The molecule has 272 valence electrons. The van der Waals surface area contributed by atoms with Crippen LogP contribution in [0.15, 0.2) is 73.1 Å². The van der Waals surface area contributed by atoms with Gasteiger partial charge in [0.1, 0.15) is 12.6 Å². The topological polar surface area (TPSA) is 171 Å². The Morgan fingerprint density at radius 1 is 0.902 bits per heavy atom. The summed E-state index contributed by atoms with van der Waals surface area (Å²) in [5.74, 6) is -1.62. The van der Waals surface area contributed by atoms with E-state index < -0.39 is 36.0 Å². The van der Waals surface area contributed by atoms with Crippen molar-refractivity contribution in [1.82, 2.24) is 31.6 Å². The number of carbonyl (C=O) groups is 5. The fraction of sp³-hybridized carbons (Fsp3) is 0.421. The maximum absolute atomic E-state index is 14.0. The number of benzene rings is 2. The molecule has 1 aliphatic rings. The molecule has 3 aromatic rings. The van der Waals surface area contributed by atoms with Crippen molar-refractivity contribution in [1.29, 1.82) is 0 Å². The van der Waals surface area contributed by atoms with E-state index in [-0.39, 0.29) is 54.1 Å². The second-order valence-electron chi connectivity index (χ2n) is 13.2. The molecule has 0 aliphatic carbocycles. The van der Waals surface area contributed by atoms with Gasteiger partial charge in [0, 0.05) is 48.3 Å². The van der Waals surface area contributed by atoms with E-state index in [1.165, 1.54) is 11.0 Å². The molecule has 5 N–H and O–H groups in total. The number of amides is 5. The van der Waals surface area contributed by atoms with Gasteiger partial charge >= 0.3 is 6.09 Å². The number of aromatic nitrogens is 1. The van der Waals surface area contributed by atoms with Gasteiger partial charge in [-0.2, -0.15) is 0 Å². The highest BCUT2D eigenvalue weighted by Gasteiger charge is 2.32. The average molecular weight is 700 g/mol. The Labute approximate surface area is 299 Å². The smallest absolute Gasteiger partial charge is 0.414 e. The standard InChI is InChI=1S/C38H49N7O6/c1-7-40-37(49)33(23(2)3)44-34(46)26(6)41-21-31(16-27-12-9-8-10-13-27)43-36(48)30-17-29(18-32(19-30)45-24(4)22-51-38(45)50)35(47)42-25(5)28-14-11-15-39-20-28/h8-15,17-20,23-26,31,33,41H,7,16,21-22H2,1-6H3,(H,40,49)(H,42,47)(H,43,48)(H,44,46)/t24?,25-,26+,31+,33+/m1/s1. The summed E-state index contributed by atoms with van der Waals surface area (Å²) in [6.07, 6.45) is 3.18. The summed E-state index contributed by atoms with van der Waals surface area (Å²) >= 11 is 0. The number of likely N-dealkylation sites (N-methyl/N-ethyl adjacent to an activating group) is 1. The minimum absolute atomic E-state index is 0.121. The lowest BCUT2D eigenvalue weighted by Gasteiger charge is -2.26. The van der Waals surface area contributed by atoms with Crippen molar-refractivity contribution in [2.24, 2.45) is 5.92 Å². The number of nitrogens with zero attached hydrogens (tertiary/aromatic N) is 2. The van der Waals surface area contributed by atoms with Crippen molar-refractivity contribution >= 4 is 35.4 Å². The predicted molar refractivity (Wildman–Crippen MR) is 194 cm³/mol. The van der Waals surface area contributed by atoms with Crippen LogP contribution in [0.2, 0.25) is 0 Å². The van der Waals surface area contributed by atoms with E-state index in [1.807, 2.05) is 71.0 Å². The molecule has 1 unspecified atom stereocenters. The molecule has 4 rings (SSSR count). The SMILES string of the molecule is CCNC(=O)[C@@H](NC(=O)[C@H](C)NC[C@H](Cc1ccccc1)NC(=O)c1cc(C(=O)N[C@H](C)c2cccnc2)cc(N2C(=O)OCC2C)c1)C(C)C. The zero-order chi connectivity index (χ0) is 37.1. The van der Waals surface area contributed by atoms with Gasteiger partial charge in [-0.05, 0) is 75.4 Å². The number of nitrogens with one attached hydrogen (secondary N) is 5. The fourth-order valence-electron chi connectivity index (χ4n) is 5.73. The molecule has 1 fully saturated rings. The Hall–Kier alpha value is -5.30. The first-order valence-corrected chi connectivity index (χ1v) is 17.4. The summed E-state index contributed by atoms with van der Waals surface area (Å²) in [4.78, 5) is 71.5. The molecule has 2 aromatic carbocycles. The number of cyclic esters (lactones) is 1. The quantitative estimate of drug-likeness (QED) is 0.151. The molecule has 13 nitrogen and oxygen atoms in total. The van der Waals surface area contributed by atoms with Crippen LogP contribution in [0.3, 0.4) is 0 Å². The monoisotopic (exact) mass is 699 g/mol. The van der Waals surface area contributed by atoms with E-state index in [0.717, 1.165) is 11.1 Å². The Balaban J connectivity index is 1.56. The fourth-order valence-corrected chi connectivity index (χ4v) is 5.73. The number of hydrogen-bond acceptors (Lipinski definition) is 8. The molecule has 51 heavy (non-hydrogen) atoms. The second kappa shape index (κ2) is 18.1. The Morgan fingerprint density at radius 2 is 1.59 bits per heavy atom. The maximum atomic E-state index is 14.0. The van der Waals surface area contributed by atoms with Crippen LogP contribution < -0.4 is 31.5 Å². The summed E-state index contributed by atoms with van der Waals surface area (Å²) < 4.78 is 5.24. The molecule has 1 aliphatic heterocycles. The third-order valence-corrected chi connectivity index (χ3v) is 8.66. The van der Waals surface area contributed by atoms with Crippen molar-refractivity contribution in [3.63, 3.8) is 0 Å². The summed E-state index contributed by atoms with van der Waals surface area (Å²) in [7, 11) is 0. The van der Waals surface area contributed by atoms with Crippen LogP contribution in [0.25, 0.3) is 0 Å². The third-order valence-electron chi connectivity index (χ3n) is 8.66. The molecule has 1 saturated heterocycles. The largest absolute Gasteiger partial charge is 0.447 e. The van der Waals surface area contributed by atoms with Crippen LogP contribution in [0, 0.1) is 5.92 Å². The minimum Gasteiger partial charge on any atom is -0.447 e. The molecule has 0 spiro atoms. The molecule has 5 amide bonds. The van der Waals surface area contributed by atoms with Crippen LogP contribution in [0.4, 0.5) is 10.5 Å². The predicted octanol–water partition coefficient (Wildman–Crippen LogP) is 3.51. The number of carbonyl (C=O) groups excluding carboxylic acids is 5. The van der Waals surface area contributed by atoms with Crippen molar-refractivity contribution in [3.8, 4) is 0 Å². The lowest BCUT2D eigenvalue weighted by molar-refractivity contribution is -0.130. The summed E-state index contributed by atoms with van der Waals surface area (Å²) in [6, 6.07) is 15.3. The minimum atomic E-state index is -0.692. The lowest BCUT2D eigenvalue weighted by atomic mass is 10.0. The van der Waals surface area contributed by atoms with Crippen LogP contribution in [0.5, 0.6) is 0 Å². The molecule has 2 heterocycles. The molecular weight excluding hydrogens is 650 g/mol. The van der Waals surface area contributed by atoms with E-state index in [1.54, 1.807) is 37.5 Å². The number of pyridine rings is 1. The number of hydrogen-bond donors (Lipinski definition) is 5. The van der Waals surface area contributed by atoms with E-state index in [4.69, 9.17) is 4.74 Å². The van der Waals surface area contributed by atoms with Gasteiger partial charge in [-0.3, -0.25) is 29.1 Å². The molecule has 0 bridgehead atoms. The van der Waals surface area contributed by atoms with Gasteiger partial charge in [0.25, 0.3) is 11.8 Å². The first-order chi connectivity index (χ1) is 24.4. The average Bonchev–Trinajstić information content (AvgIpc) is 3.46. The van der Waals surface area contributed by atoms with Gasteiger partial charge in [0.2, 0.25) is 11.8 Å². The van der Waals surface area contributed by atoms with Gasteiger partial charge < -0.3 is 31.3 Å². The van der Waals surface area contributed by atoms with Crippen LogP contribution in [0.1, 0.15) is 79.4 Å². The highest BCUT2D eigenvalue weighted by Crippen LogP contribution is 2.26. The van der Waals surface area contributed by atoms with E-state index in [0.29, 0.717) is 18.7 Å². The molecule has 0 saturated carbocycles. The zero-order valence-corrected chi connectivity index (χ0v) is 30.1. The second-order valence-corrected chi connectivity index (χ2v) is 13.2. The van der Waals surface area contributed by atoms with Gasteiger partial charge in [0.05, 0.1) is 18.1 Å². The van der Waals surface area contributed by atoms with Crippen LogP contribution in [-0.2, 0) is 20.7 Å². The number of ether oxygens (including phenoxy) is 1. The zero-order valence-electron chi connectivity index (χ0n) is 30.1. The first kappa shape index (κ1) is 38.5. The molecule has 13 heteroatoms.